The molecule has 0 unspecified atom stereocenters. The Labute approximate surface area is 119 Å². The zero-order valence-corrected chi connectivity index (χ0v) is 12.4. The first-order chi connectivity index (χ1) is 9.19. The van der Waals surface area contributed by atoms with Crippen molar-refractivity contribution in [3.05, 3.63) is 11.2 Å². The van der Waals surface area contributed by atoms with E-state index in [1.165, 1.54) is 0 Å². The van der Waals surface area contributed by atoms with E-state index in [-0.39, 0.29) is 0 Å². The Morgan fingerprint density at radius 2 is 2.16 bits per heavy atom. The predicted octanol–water partition coefficient (Wildman–Crippen LogP) is 2.46. The Balaban J connectivity index is 1.98. The van der Waals surface area contributed by atoms with Crippen LogP contribution in [0.4, 0.5) is 11.8 Å². The summed E-state index contributed by atoms with van der Waals surface area (Å²) in [4.78, 5) is 11.0. The van der Waals surface area contributed by atoms with Gasteiger partial charge in [-0.15, -0.1) is 0 Å². The van der Waals surface area contributed by atoms with Crippen molar-refractivity contribution in [2.75, 3.05) is 37.3 Å². The summed E-state index contributed by atoms with van der Waals surface area (Å²) in [5, 5.41) is 7.20. The number of hydrogen-bond donors (Lipinski definition) is 2. The van der Waals surface area contributed by atoms with E-state index in [1.807, 2.05) is 0 Å². The van der Waals surface area contributed by atoms with Crippen LogP contribution in [0, 0.1) is 0 Å². The van der Waals surface area contributed by atoms with Gasteiger partial charge in [-0.3, -0.25) is 0 Å². The van der Waals surface area contributed by atoms with Crippen LogP contribution in [-0.4, -0.2) is 47.6 Å². The van der Waals surface area contributed by atoms with Gasteiger partial charge in [-0.25, -0.2) is 4.98 Å². The average molecular weight is 284 g/mol. The summed E-state index contributed by atoms with van der Waals surface area (Å²) in [6.07, 6.45) is 4.94. The molecule has 19 heavy (non-hydrogen) atoms. The molecule has 6 heteroatoms. The molecular weight excluding hydrogens is 262 g/mol. The first-order valence-corrected chi connectivity index (χ1v) is 7.28. The zero-order chi connectivity index (χ0) is 13.7. The Morgan fingerprint density at radius 1 is 1.42 bits per heavy atom. The maximum atomic E-state index is 6.15. The molecule has 0 radical (unpaired) electrons. The number of aromatic nitrogens is 2. The molecule has 1 aromatic rings. The monoisotopic (exact) mass is 283 g/mol. The molecular formula is C13H22ClN5. The molecule has 5 nitrogen and oxygen atoms in total. The molecule has 1 aliphatic heterocycles. The van der Waals surface area contributed by atoms with Gasteiger partial charge in [-0.1, -0.05) is 18.5 Å². The quantitative estimate of drug-likeness (QED) is 0.869. The lowest BCUT2D eigenvalue weighted by molar-refractivity contribution is 0.263. The van der Waals surface area contributed by atoms with Crippen molar-refractivity contribution in [2.45, 2.75) is 32.2 Å². The fraction of sp³-hybridized carbons (Fsp3) is 0.692. The van der Waals surface area contributed by atoms with Crippen molar-refractivity contribution in [1.29, 1.82) is 0 Å². The Kier molecular flexibility index (Phi) is 5.22. The van der Waals surface area contributed by atoms with Crippen LogP contribution in [0.3, 0.4) is 0 Å². The van der Waals surface area contributed by atoms with Crippen molar-refractivity contribution >= 4 is 23.4 Å². The summed E-state index contributed by atoms with van der Waals surface area (Å²) in [6.45, 7) is 5.21. The van der Waals surface area contributed by atoms with Crippen molar-refractivity contribution < 1.29 is 0 Å². The maximum Gasteiger partial charge on any atom is 0.224 e. The minimum absolute atomic E-state index is 0.447. The lowest BCUT2D eigenvalue weighted by atomic mass is 10.1. The van der Waals surface area contributed by atoms with E-state index in [0.717, 1.165) is 44.7 Å². The second-order valence-electron chi connectivity index (χ2n) is 5.04. The van der Waals surface area contributed by atoms with Crippen LogP contribution in [0.1, 0.15) is 26.2 Å². The summed E-state index contributed by atoms with van der Waals surface area (Å²) < 4.78 is 0. The van der Waals surface area contributed by atoms with Crippen LogP contribution in [-0.2, 0) is 0 Å². The van der Waals surface area contributed by atoms with E-state index in [9.17, 15) is 0 Å². The number of halogens is 1. The molecule has 0 aliphatic carbocycles. The number of anilines is 2. The van der Waals surface area contributed by atoms with Gasteiger partial charge in [-0.2, -0.15) is 4.98 Å². The number of piperidine rings is 1. The number of nitrogens with zero attached hydrogens (tertiary/aromatic N) is 3. The van der Waals surface area contributed by atoms with Gasteiger partial charge in [0.2, 0.25) is 5.95 Å². The first-order valence-electron chi connectivity index (χ1n) is 6.90. The Bertz CT molecular complexity index is 404. The summed E-state index contributed by atoms with van der Waals surface area (Å²) in [6, 6.07) is 0.447. The fourth-order valence-electron chi connectivity index (χ4n) is 2.14. The van der Waals surface area contributed by atoms with Gasteiger partial charge in [-0.05, 0) is 39.4 Å². The van der Waals surface area contributed by atoms with E-state index in [0.29, 0.717) is 17.0 Å². The summed E-state index contributed by atoms with van der Waals surface area (Å²) >= 11 is 6.15. The number of nitrogens with one attached hydrogen (secondary N) is 2. The number of hydrogen-bond acceptors (Lipinski definition) is 5. The van der Waals surface area contributed by atoms with Gasteiger partial charge >= 0.3 is 0 Å². The first kappa shape index (κ1) is 14.3. The highest BCUT2D eigenvalue weighted by Gasteiger charge is 2.18. The standard InChI is InChI=1S/C13H22ClN5/c1-3-6-15-13-16-9-11(14)12(18-13)17-10-4-7-19(2)8-5-10/h9-10H,3-8H2,1-2H3,(H2,15,16,17,18). The smallest absolute Gasteiger partial charge is 0.224 e. The minimum atomic E-state index is 0.447. The van der Waals surface area contributed by atoms with Gasteiger partial charge in [0.15, 0.2) is 5.82 Å². The molecule has 1 aromatic heterocycles. The predicted molar refractivity (Wildman–Crippen MR) is 80.0 cm³/mol. The van der Waals surface area contributed by atoms with Crippen LogP contribution in [0.25, 0.3) is 0 Å². The minimum Gasteiger partial charge on any atom is -0.366 e. The van der Waals surface area contributed by atoms with E-state index in [1.54, 1.807) is 6.20 Å². The maximum absolute atomic E-state index is 6.15. The molecule has 0 saturated carbocycles. The molecule has 0 spiro atoms. The van der Waals surface area contributed by atoms with Crippen LogP contribution >= 0.6 is 11.6 Å². The van der Waals surface area contributed by atoms with Gasteiger partial charge in [0.25, 0.3) is 0 Å². The third-order valence-corrected chi connectivity index (χ3v) is 3.61. The molecule has 2 heterocycles. The Morgan fingerprint density at radius 3 is 2.84 bits per heavy atom. The lowest BCUT2D eigenvalue weighted by Gasteiger charge is -2.30. The normalized spacial score (nSPS) is 17.4. The third-order valence-electron chi connectivity index (χ3n) is 3.34. The zero-order valence-electron chi connectivity index (χ0n) is 11.6. The molecule has 1 aliphatic rings. The molecule has 0 atom stereocenters. The van der Waals surface area contributed by atoms with Gasteiger partial charge in [0, 0.05) is 12.6 Å². The highest BCUT2D eigenvalue weighted by Crippen LogP contribution is 2.22. The van der Waals surface area contributed by atoms with E-state index in [2.05, 4.69) is 39.5 Å². The highest BCUT2D eigenvalue weighted by molar-refractivity contribution is 6.32. The number of rotatable bonds is 5. The molecule has 2 rings (SSSR count). The molecule has 1 saturated heterocycles. The van der Waals surface area contributed by atoms with E-state index < -0.39 is 0 Å². The van der Waals surface area contributed by atoms with Crippen molar-refractivity contribution in [3.8, 4) is 0 Å². The topological polar surface area (TPSA) is 53.1 Å². The fourth-order valence-corrected chi connectivity index (χ4v) is 2.28. The lowest BCUT2D eigenvalue weighted by Crippen LogP contribution is -2.37. The molecule has 0 bridgehead atoms. The van der Waals surface area contributed by atoms with Crippen LogP contribution in [0.15, 0.2) is 6.20 Å². The van der Waals surface area contributed by atoms with E-state index >= 15 is 0 Å². The van der Waals surface area contributed by atoms with Crippen LogP contribution < -0.4 is 10.6 Å². The van der Waals surface area contributed by atoms with Gasteiger partial charge in [0.05, 0.1) is 6.20 Å². The molecule has 0 amide bonds. The highest BCUT2D eigenvalue weighted by atomic mass is 35.5. The SMILES string of the molecule is CCCNc1ncc(Cl)c(NC2CCN(C)CC2)n1. The van der Waals surface area contributed by atoms with Gasteiger partial charge in [0.1, 0.15) is 5.02 Å². The molecule has 106 valence electrons. The van der Waals surface area contributed by atoms with E-state index in [4.69, 9.17) is 11.6 Å². The largest absolute Gasteiger partial charge is 0.366 e. The second kappa shape index (κ2) is 6.91. The average Bonchev–Trinajstić information content (AvgIpc) is 2.42. The summed E-state index contributed by atoms with van der Waals surface area (Å²) in [7, 11) is 2.15. The van der Waals surface area contributed by atoms with Crippen molar-refractivity contribution in [2.24, 2.45) is 0 Å². The van der Waals surface area contributed by atoms with Crippen LogP contribution in [0.5, 0.6) is 0 Å². The molecule has 0 aromatic carbocycles. The summed E-state index contributed by atoms with van der Waals surface area (Å²) in [5.41, 5.74) is 0. The summed E-state index contributed by atoms with van der Waals surface area (Å²) in [5.74, 6) is 1.38. The third kappa shape index (κ3) is 4.21. The van der Waals surface area contributed by atoms with Crippen molar-refractivity contribution in [3.63, 3.8) is 0 Å². The molecule has 1 fully saturated rings. The number of likely N-dealkylation sites (tertiary alicyclic amines) is 1. The van der Waals surface area contributed by atoms with Crippen LogP contribution in [0.2, 0.25) is 5.02 Å². The molecule has 2 N–H and O–H groups in total. The van der Waals surface area contributed by atoms with Gasteiger partial charge < -0.3 is 15.5 Å². The Hall–Kier alpha value is -1.07. The second-order valence-corrected chi connectivity index (χ2v) is 5.45. The van der Waals surface area contributed by atoms with Crippen molar-refractivity contribution in [1.82, 2.24) is 14.9 Å².